The fourth-order valence-corrected chi connectivity index (χ4v) is 2.72. The van der Waals surface area contributed by atoms with Gasteiger partial charge in [0.25, 0.3) is 0 Å². The molecule has 0 aliphatic rings. The van der Waals surface area contributed by atoms with Gasteiger partial charge in [-0.3, -0.25) is 4.79 Å². The molecule has 1 aromatic heterocycles. The Labute approximate surface area is 108 Å². The van der Waals surface area contributed by atoms with Crippen molar-refractivity contribution in [3.05, 3.63) is 56.8 Å². The first-order valence-electron chi connectivity index (χ1n) is 5.61. The SMILES string of the molecule is CCc1ccsc1C(=O)c1cc(C)c(F)cc1F. The van der Waals surface area contributed by atoms with Gasteiger partial charge in [0.05, 0.1) is 10.4 Å². The van der Waals surface area contributed by atoms with E-state index in [4.69, 9.17) is 0 Å². The molecule has 0 radical (unpaired) electrons. The second-order valence-electron chi connectivity index (χ2n) is 4.04. The molecule has 4 heteroatoms. The van der Waals surface area contributed by atoms with Gasteiger partial charge in [0.2, 0.25) is 5.78 Å². The fourth-order valence-electron chi connectivity index (χ4n) is 1.77. The molecule has 0 atom stereocenters. The van der Waals surface area contributed by atoms with Gasteiger partial charge in [0.1, 0.15) is 11.6 Å². The number of carbonyl (C=O) groups is 1. The third-order valence-corrected chi connectivity index (χ3v) is 3.78. The third kappa shape index (κ3) is 2.20. The molecular weight excluding hydrogens is 254 g/mol. The minimum absolute atomic E-state index is 0.0638. The lowest BCUT2D eigenvalue weighted by atomic mass is 10.0. The summed E-state index contributed by atoms with van der Waals surface area (Å²) in [6.07, 6.45) is 0.715. The Morgan fingerprint density at radius 2 is 2.00 bits per heavy atom. The number of ketones is 1. The average Bonchev–Trinajstić information content (AvgIpc) is 2.81. The van der Waals surface area contributed by atoms with Gasteiger partial charge in [-0.05, 0) is 42.0 Å². The van der Waals surface area contributed by atoms with Gasteiger partial charge in [-0.15, -0.1) is 11.3 Å². The Hall–Kier alpha value is -1.55. The topological polar surface area (TPSA) is 17.1 Å². The number of thiophene rings is 1. The largest absolute Gasteiger partial charge is 0.288 e. The lowest BCUT2D eigenvalue weighted by molar-refractivity contribution is 0.103. The molecule has 1 heterocycles. The van der Waals surface area contributed by atoms with Gasteiger partial charge in [-0.25, -0.2) is 8.78 Å². The maximum absolute atomic E-state index is 13.7. The molecule has 0 spiro atoms. The van der Waals surface area contributed by atoms with Gasteiger partial charge in [-0.2, -0.15) is 0 Å². The smallest absolute Gasteiger partial charge is 0.206 e. The van der Waals surface area contributed by atoms with Crippen LogP contribution in [-0.2, 0) is 6.42 Å². The highest BCUT2D eigenvalue weighted by molar-refractivity contribution is 7.12. The Morgan fingerprint density at radius 3 is 2.67 bits per heavy atom. The van der Waals surface area contributed by atoms with Gasteiger partial charge in [-0.1, -0.05) is 6.92 Å². The van der Waals surface area contributed by atoms with E-state index < -0.39 is 11.6 Å². The molecule has 0 N–H and O–H groups in total. The maximum atomic E-state index is 13.7. The van der Waals surface area contributed by atoms with Crippen molar-refractivity contribution in [2.45, 2.75) is 20.3 Å². The van der Waals surface area contributed by atoms with Crippen LogP contribution in [0.25, 0.3) is 0 Å². The van der Waals surface area contributed by atoms with Crippen molar-refractivity contribution in [2.24, 2.45) is 0 Å². The molecule has 0 bridgehead atoms. The highest BCUT2D eigenvalue weighted by atomic mass is 32.1. The van der Waals surface area contributed by atoms with E-state index in [-0.39, 0.29) is 16.9 Å². The third-order valence-electron chi connectivity index (χ3n) is 2.83. The molecule has 94 valence electrons. The monoisotopic (exact) mass is 266 g/mol. The summed E-state index contributed by atoms with van der Waals surface area (Å²) in [4.78, 5) is 12.7. The lowest BCUT2D eigenvalue weighted by Crippen LogP contribution is -2.06. The van der Waals surface area contributed by atoms with Crippen molar-refractivity contribution in [2.75, 3.05) is 0 Å². The van der Waals surface area contributed by atoms with Crippen molar-refractivity contribution in [1.29, 1.82) is 0 Å². The molecule has 0 aliphatic heterocycles. The number of hydrogen-bond donors (Lipinski definition) is 0. The molecule has 0 saturated heterocycles. The zero-order valence-corrected chi connectivity index (χ0v) is 10.9. The summed E-state index contributed by atoms with van der Waals surface area (Å²) >= 11 is 1.29. The minimum atomic E-state index is -0.807. The summed E-state index contributed by atoms with van der Waals surface area (Å²) in [6.45, 7) is 3.45. The summed E-state index contributed by atoms with van der Waals surface area (Å²) in [6, 6.07) is 3.89. The molecule has 0 fully saturated rings. The summed E-state index contributed by atoms with van der Waals surface area (Å²) in [5.41, 5.74) is 1.10. The summed E-state index contributed by atoms with van der Waals surface area (Å²) in [5, 5.41) is 1.81. The van der Waals surface area contributed by atoms with Crippen molar-refractivity contribution < 1.29 is 13.6 Å². The van der Waals surface area contributed by atoms with Crippen LogP contribution in [0, 0.1) is 18.6 Å². The van der Waals surface area contributed by atoms with E-state index in [1.807, 2.05) is 13.0 Å². The van der Waals surface area contributed by atoms with Crippen molar-refractivity contribution in [3.8, 4) is 0 Å². The number of benzene rings is 1. The van der Waals surface area contributed by atoms with E-state index in [2.05, 4.69) is 0 Å². The first-order valence-corrected chi connectivity index (χ1v) is 6.49. The molecule has 0 saturated carbocycles. The first-order chi connectivity index (χ1) is 8.54. The number of halogens is 2. The van der Waals surface area contributed by atoms with Gasteiger partial charge >= 0.3 is 0 Å². The second kappa shape index (κ2) is 4.98. The molecule has 2 aromatic rings. The van der Waals surface area contributed by atoms with Crippen LogP contribution >= 0.6 is 11.3 Å². The number of aryl methyl sites for hydroxylation is 2. The van der Waals surface area contributed by atoms with Crippen LogP contribution in [0.4, 0.5) is 8.78 Å². The molecular formula is C14H12F2OS. The predicted molar refractivity (Wildman–Crippen MR) is 68.2 cm³/mol. The molecule has 0 amide bonds. The standard InChI is InChI=1S/C14H12F2OS/c1-3-9-4-5-18-14(9)13(17)10-6-8(2)11(15)7-12(10)16/h4-7H,3H2,1-2H3. The quantitative estimate of drug-likeness (QED) is 0.763. The lowest BCUT2D eigenvalue weighted by Gasteiger charge is -2.05. The van der Waals surface area contributed by atoms with Gasteiger partial charge in [0, 0.05) is 6.07 Å². The van der Waals surface area contributed by atoms with Crippen LogP contribution in [0.5, 0.6) is 0 Å². The van der Waals surface area contributed by atoms with E-state index in [1.54, 1.807) is 5.38 Å². The Morgan fingerprint density at radius 1 is 1.28 bits per heavy atom. The Kier molecular flexibility index (Phi) is 3.57. The Balaban J connectivity index is 2.50. The number of carbonyl (C=O) groups excluding carboxylic acids is 1. The van der Waals surface area contributed by atoms with Crippen molar-refractivity contribution >= 4 is 17.1 Å². The zero-order valence-electron chi connectivity index (χ0n) is 10.1. The van der Waals surface area contributed by atoms with Gasteiger partial charge in [0.15, 0.2) is 0 Å². The summed E-state index contributed by atoms with van der Waals surface area (Å²) in [5.74, 6) is -1.81. The fraction of sp³-hybridized carbons (Fsp3) is 0.214. The average molecular weight is 266 g/mol. The van der Waals surface area contributed by atoms with E-state index in [1.165, 1.54) is 24.3 Å². The molecule has 0 unspecified atom stereocenters. The highest BCUT2D eigenvalue weighted by Gasteiger charge is 2.19. The van der Waals surface area contributed by atoms with E-state index in [0.717, 1.165) is 11.6 Å². The zero-order chi connectivity index (χ0) is 13.3. The minimum Gasteiger partial charge on any atom is -0.288 e. The maximum Gasteiger partial charge on any atom is 0.206 e. The van der Waals surface area contributed by atoms with E-state index in [9.17, 15) is 13.6 Å². The van der Waals surface area contributed by atoms with Crippen LogP contribution in [-0.4, -0.2) is 5.78 Å². The second-order valence-corrected chi connectivity index (χ2v) is 4.95. The van der Waals surface area contributed by atoms with Gasteiger partial charge < -0.3 is 0 Å². The van der Waals surface area contributed by atoms with E-state index >= 15 is 0 Å². The normalized spacial score (nSPS) is 10.7. The first kappa shape index (κ1) is 12.9. The van der Waals surface area contributed by atoms with Crippen LogP contribution in [0.1, 0.15) is 33.3 Å². The molecule has 1 aromatic carbocycles. The molecule has 1 nitrogen and oxygen atoms in total. The molecule has 18 heavy (non-hydrogen) atoms. The van der Waals surface area contributed by atoms with Crippen LogP contribution in [0.15, 0.2) is 23.6 Å². The van der Waals surface area contributed by atoms with Crippen molar-refractivity contribution in [3.63, 3.8) is 0 Å². The van der Waals surface area contributed by atoms with Crippen molar-refractivity contribution in [1.82, 2.24) is 0 Å². The van der Waals surface area contributed by atoms with Crippen LogP contribution < -0.4 is 0 Å². The number of hydrogen-bond acceptors (Lipinski definition) is 2. The van der Waals surface area contributed by atoms with E-state index in [0.29, 0.717) is 11.3 Å². The predicted octanol–water partition coefficient (Wildman–Crippen LogP) is 4.13. The molecule has 2 rings (SSSR count). The van der Waals surface area contributed by atoms with Crippen LogP contribution in [0.2, 0.25) is 0 Å². The van der Waals surface area contributed by atoms with Crippen LogP contribution in [0.3, 0.4) is 0 Å². The summed E-state index contributed by atoms with van der Waals surface area (Å²) < 4.78 is 26.8. The summed E-state index contributed by atoms with van der Waals surface area (Å²) in [7, 11) is 0. The Bertz CT molecular complexity index is 602. The number of rotatable bonds is 3. The highest BCUT2D eigenvalue weighted by Crippen LogP contribution is 2.24. The molecule has 0 aliphatic carbocycles.